The van der Waals surface area contributed by atoms with Gasteiger partial charge in [0.15, 0.2) is 0 Å². The molecule has 96 valence electrons. The number of amides is 1. The minimum absolute atomic E-state index is 0.0791. The molecule has 1 aromatic carbocycles. The van der Waals surface area contributed by atoms with E-state index < -0.39 is 0 Å². The number of rotatable bonds is 5. The highest BCUT2D eigenvalue weighted by atomic mass is 16.5. The summed E-state index contributed by atoms with van der Waals surface area (Å²) in [5, 5.41) is 10.8. The topological polar surface area (TPSA) is 65.4 Å². The Labute approximate surface area is 106 Å². The van der Waals surface area contributed by atoms with Gasteiger partial charge < -0.3 is 15.0 Å². The molecule has 2 N–H and O–H groups in total. The number of hydrogen-bond donors (Lipinski definition) is 2. The summed E-state index contributed by atoms with van der Waals surface area (Å²) >= 11 is 0. The van der Waals surface area contributed by atoms with Crippen molar-refractivity contribution in [3.05, 3.63) is 35.4 Å². The number of amidine groups is 1. The quantitative estimate of drug-likeness (QED) is 0.748. The lowest BCUT2D eigenvalue weighted by Crippen LogP contribution is -2.38. The van der Waals surface area contributed by atoms with Gasteiger partial charge in [-0.3, -0.25) is 10.2 Å². The first kappa shape index (κ1) is 12.6. The van der Waals surface area contributed by atoms with Gasteiger partial charge >= 0.3 is 0 Å². The SMILES string of the molecule is COCCNC(=O)CN1Cc2ccccc2C1=N. The van der Waals surface area contributed by atoms with Crippen LogP contribution >= 0.6 is 0 Å². The summed E-state index contributed by atoms with van der Waals surface area (Å²) < 4.78 is 4.86. The third kappa shape index (κ3) is 2.68. The van der Waals surface area contributed by atoms with Crippen LogP contribution in [0.25, 0.3) is 0 Å². The standard InChI is InChI=1S/C13H17N3O2/c1-18-7-6-15-12(17)9-16-8-10-4-2-3-5-11(10)13(16)14/h2-5,14H,6-9H2,1H3,(H,15,17). The lowest BCUT2D eigenvalue weighted by Gasteiger charge is -2.17. The third-order valence-electron chi connectivity index (χ3n) is 2.91. The van der Waals surface area contributed by atoms with Crippen LogP contribution in [0, 0.1) is 5.41 Å². The van der Waals surface area contributed by atoms with E-state index in [2.05, 4.69) is 5.32 Å². The molecule has 5 nitrogen and oxygen atoms in total. The van der Waals surface area contributed by atoms with Crippen LogP contribution in [0.4, 0.5) is 0 Å². The summed E-state index contributed by atoms with van der Waals surface area (Å²) in [6.07, 6.45) is 0. The van der Waals surface area contributed by atoms with E-state index >= 15 is 0 Å². The second kappa shape index (κ2) is 5.64. The fraction of sp³-hybridized carbons (Fsp3) is 0.385. The van der Waals surface area contributed by atoms with E-state index in [1.165, 1.54) is 0 Å². The molecule has 1 heterocycles. The maximum atomic E-state index is 11.7. The molecule has 0 saturated carbocycles. The molecule has 0 fully saturated rings. The van der Waals surface area contributed by atoms with E-state index in [-0.39, 0.29) is 12.5 Å². The minimum atomic E-state index is -0.0791. The Morgan fingerprint density at radius 3 is 3.00 bits per heavy atom. The van der Waals surface area contributed by atoms with Crippen LogP contribution in [0.3, 0.4) is 0 Å². The van der Waals surface area contributed by atoms with Crippen molar-refractivity contribution in [2.24, 2.45) is 0 Å². The number of carbonyl (C=O) groups is 1. The van der Waals surface area contributed by atoms with E-state index in [0.29, 0.717) is 25.5 Å². The molecule has 0 unspecified atom stereocenters. The summed E-state index contributed by atoms with van der Waals surface area (Å²) in [5.41, 5.74) is 2.02. The lowest BCUT2D eigenvalue weighted by molar-refractivity contribution is -0.121. The molecule has 0 saturated heterocycles. The number of fused-ring (bicyclic) bond motifs is 1. The predicted octanol–water partition coefficient (Wildman–Crippen LogP) is 0.590. The highest BCUT2D eigenvalue weighted by Crippen LogP contribution is 2.21. The van der Waals surface area contributed by atoms with E-state index in [9.17, 15) is 4.79 Å². The van der Waals surface area contributed by atoms with Crippen LogP contribution in [0.15, 0.2) is 24.3 Å². The first-order chi connectivity index (χ1) is 8.72. The number of nitrogens with one attached hydrogen (secondary N) is 2. The summed E-state index contributed by atoms with van der Waals surface area (Å²) in [6.45, 7) is 1.86. The molecule has 5 heteroatoms. The molecular weight excluding hydrogens is 230 g/mol. The molecule has 18 heavy (non-hydrogen) atoms. The van der Waals surface area contributed by atoms with Crippen molar-refractivity contribution in [2.45, 2.75) is 6.54 Å². The Kier molecular flexibility index (Phi) is 3.94. The summed E-state index contributed by atoms with van der Waals surface area (Å²) in [4.78, 5) is 13.4. The average molecular weight is 247 g/mol. The molecule has 0 atom stereocenters. The van der Waals surface area contributed by atoms with Crippen molar-refractivity contribution in [3.8, 4) is 0 Å². The first-order valence-corrected chi connectivity index (χ1v) is 5.90. The van der Waals surface area contributed by atoms with Crippen molar-refractivity contribution >= 4 is 11.7 Å². The van der Waals surface area contributed by atoms with Crippen molar-refractivity contribution < 1.29 is 9.53 Å². The Hall–Kier alpha value is -1.88. The molecule has 1 amide bonds. The van der Waals surface area contributed by atoms with Crippen LogP contribution in [-0.2, 0) is 16.1 Å². The molecule has 0 radical (unpaired) electrons. The van der Waals surface area contributed by atoms with Gasteiger partial charge in [-0.1, -0.05) is 24.3 Å². The van der Waals surface area contributed by atoms with E-state index in [0.717, 1.165) is 11.1 Å². The van der Waals surface area contributed by atoms with Gasteiger partial charge in [0.05, 0.1) is 13.2 Å². The second-order valence-electron chi connectivity index (χ2n) is 4.20. The van der Waals surface area contributed by atoms with E-state index in [1.54, 1.807) is 12.0 Å². The van der Waals surface area contributed by atoms with E-state index in [1.807, 2.05) is 24.3 Å². The predicted molar refractivity (Wildman–Crippen MR) is 68.6 cm³/mol. The zero-order valence-corrected chi connectivity index (χ0v) is 10.4. The zero-order chi connectivity index (χ0) is 13.0. The summed E-state index contributed by atoms with van der Waals surface area (Å²) in [5.74, 6) is 0.345. The number of carbonyl (C=O) groups excluding carboxylic acids is 1. The van der Waals surface area contributed by atoms with Crippen LogP contribution in [-0.4, -0.2) is 43.4 Å². The van der Waals surface area contributed by atoms with Crippen LogP contribution in [0.1, 0.15) is 11.1 Å². The smallest absolute Gasteiger partial charge is 0.239 e. The number of ether oxygens (including phenoxy) is 1. The molecule has 1 aliphatic heterocycles. The Morgan fingerprint density at radius 2 is 2.28 bits per heavy atom. The van der Waals surface area contributed by atoms with Gasteiger partial charge in [0.1, 0.15) is 5.84 Å². The van der Waals surface area contributed by atoms with Crippen molar-refractivity contribution in [3.63, 3.8) is 0 Å². The van der Waals surface area contributed by atoms with Gasteiger partial charge in [0.25, 0.3) is 0 Å². The van der Waals surface area contributed by atoms with Crippen LogP contribution in [0.5, 0.6) is 0 Å². The van der Waals surface area contributed by atoms with E-state index in [4.69, 9.17) is 10.1 Å². The van der Waals surface area contributed by atoms with Gasteiger partial charge in [-0.25, -0.2) is 0 Å². The maximum absolute atomic E-state index is 11.7. The average Bonchev–Trinajstić information content (AvgIpc) is 2.67. The Morgan fingerprint density at radius 1 is 1.50 bits per heavy atom. The molecule has 0 aromatic heterocycles. The molecule has 0 spiro atoms. The molecular formula is C13H17N3O2. The first-order valence-electron chi connectivity index (χ1n) is 5.90. The van der Waals surface area contributed by atoms with Gasteiger partial charge in [0.2, 0.25) is 5.91 Å². The molecule has 1 aliphatic rings. The fourth-order valence-electron chi connectivity index (χ4n) is 2.00. The maximum Gasteiger partial charge on any atom is 0.239 e. The highest BCUT2D eigenvalue weighted by molar-refractivity contribution is 6.01. The lowest BCUT2D eigenvalue weighted by atomic mass is 10.1. The third-order valence-corrected chi connectivity index (χ3v) is 2.91. The van der Waals surface area contributed by atoms with Crippen molar-refractivity contribution in [1.82, 2.24) is 10.2 Å². The Bertz CT molecular complexity index is 459. The van der Waals surface area contributed by atoms with Crippen LogP contribution in [0.2, 0.25) is 0 Å². The fourth-order valence-corrected chi connectivity index (χ4v) is 2.00. The number of benzene rings is 1. The summed E-state index contributed by atoms with van der Waals surface area (Å²) in [7, 11) is 1.60. The normalized spacial score (nSPS) is 13.6. The summed E-state index contributed by atoms with van der Waals surface area (Å²) in [6, 6.07) is 7.77. The second-order valence-corrected chi connectivity index (χ2v) is 4.20. The van der Waals surface area contributed by atoms with Gasteiger partial charge in [-0.2, -0.15) is 0 Å². The Balaban J connectivity index is 1.90. The minimum Gasteiger partial charge on any atom is -0.383 e. The molecule has 2 rings (SSSR count). The number of hydrogen-bond acceptors (Lipinski definition) is 3. The number of methoxy groups -OCH3 is 1. The van der Waals surface area contributed by atoms with Crippen molar-refractivity contribution in [1.29, 1.82) is 5.41 Å². The van der Waals surface area contributed by atoms with Gasteiger partial charge in [-0.05, 0) is 5.56 Å². The van der Waals surface area contributed by atoms with Crippen LogP contribution < -0.4 is 5.32 Å². The molecule has 0 bridgehead atoms. The highest BCUT2D eigenvalue weighted by Gasteiger charge is 2.24. The largest absolute Gasteiger partial charge is 0.383 e. The monoisotopic (exact) mass is 247 g/mol. The van der Waals surface area contributed by atoms with Gasteiger partial charge in [-0.15, -0.1) is 0 Å². The zero-order valence-electron chi connectivity index (χ0n) is 10.4. The van der Waals surface area contributed by atoms with Gasteiger partial charge in [0, 0.05) is 25.8 Å². The van der Waals surface area contributed by atoms with Crippen molar-refractivity contribution in [2.75, 3.05) is 26.8 Å². The molecule has 1 aromatic rings. The molecule has 0 aliphatic carbocycles. The number of nitrogens with zero attached hydrogens (tertiary/aromatic N) is 1.